The lowest BCUT2D eigenvalue weighted by atomic mass is 10.0. The number of alkyl carbamates (subject to hydrolysis) is 1. The van der Waals surface area contributed by atoms with E-state index in [1.807, 2.05) is 72.8 Å². The molecule has 2 amide bonds. The molecule has 2 unspecified atom stereocenters. The van der Waals surface area contributed by atoms with Crippen molar-refractivity contribution in [2.75, 3.05) is 39.7 Å². The number of methoxy groups -OCH3 is 2. The van der Waals surface area contributed by atoms with Gasteiger partial charge in [0.1, 0.15) is 24.3 Å². The first-order valence-electron chi connectivity index (χ1n) is 22.4. The molecule has 0 aliphatic rings. The third-order valence-electron chi connectivity index (χ3n) is 9.82. The Bertz CT molecular complexity index is 1860. The summed E-state index contributed by atoms with van der Waals surface area (Å²) < 4.78 is 18.3. The highest BCUT2D eigenvalue weighted by Gasteiger charge is 2.16. The van der Waals surface area contributed by atoms with Gasteiger partial charge in [-0.25, -0.2) is 19.0 Å². The number of nitrogens with one attached hydrogen (secondary N) is 2. The fourth-order valence-corrected chi connectivity index (χ4v) is 6.20. The third kappa shape index (κ3) is 27.7. The highest BCUT2D eigenvalue weighted by molar-refractivity contribution is 9.08. The van der Waals surface area contributed by atoms with Crippen LogP contribution in [-0.2, 0) is 38.7 Å². The number of hydrogen-bond acceptors (Lipinski definition) is 10. The van der Waals surface area contributed by atoms with Crippen molar-refractivity contribution in [1.82, 2.24) is 10.6 Å². The maximum absolute atomic E-state index is 12.0. The monoisotopic (exact) mass is 967 g/mol. The molecule has 15 heteroatoms. The molecule has 0 spiro atoms. The summed E-state index contributed by atoms with van der Waals surface area (Å²) in [5.41, 5.74) is 8.16. The molecule has 6 N–H and O–H groups in total. The molecule has 0 saturated carbocycles. The lowest BCUT2D eigenvalue weighted by Crippen LogP contribution is -2.43. The maximum atomic E-state index is 12.0. The molecule has 2 aromatic carbocycles. The van der Waals surface area contributed by atoms with Crippen molar-refractivity contribution in [3.63, 3.8) is 0 Å². The molecular weight excluding hydrogens is 894 g/mol. The number of nitrogens with zero attached hydrogens (tertiary/aromatic N) is 2. The van der Waals surface area contributed by atoms with E-state index in [-0.39, 0.29) is 31.6 Å². The van der Waals surface area contributed by atoms with Crippen LogP contribution in [0.2, 0.25) is 0 Å². The second-order valence-electron chi connectivity index (χ2n) is 15.0. The molecule has 2 heterocycles. The quantitative estimate of drug-likeness (QED) is 0.0148. The van der Waals surface area contributed by atoms with Crippen molar-refractivity contribution in [1.29, 1.82) is 0 Å². The van der Waals surface area contributed by atoms with Crippen molar-refractivity contribution in [3.05, 3.63) is 132 Å². The summed E-state index contributed by atoms with van der Waals surface area (Å²) in [7, 11) is 2.73. The normalized spacial score (nSPS) is 11.1. The topological polar surface area (TPSA) is 194 Å². The third-order valence-corrected chi connectivity index (χ3v) is 9.82. The number of ether oxygens (including phenoxy) is 3. The van der Waals surface area contributed by atoms with Crippen molar-refractivity contribution in [2.45, 2.75) is 116 Å². The fourth-order valence-electron chi connectivity index (χ4n) is 6.20. The minimum absolute atomic E-state index is 0.116. The van der Waals surface area contributed by atoms with Gasteiger partial charge in [-0.15, -0.1) is 0 Å². The minimum Gasteiger partial charge on any atom is -0.465 e. The van der Waals surface area contributed by atoms with Crippen molar-refractivity contribution >= 4 is 39.9 Å². The average molecular weight is 969 g/mol. The van der Waals surface area contributed by atoms with E-state index in [9.17, 15) is 24.3 Å². The first-order valence-corrected chi connectivity index (χ1v) is 24.0. The van der Waals surface area contributed by atoms with Crippen molar-refractivity contribution < 1.29 is 52.7 Å². The number of nitrogens with two attached hydrogens (primary N) is 1. The molecule has 0 fully saturated rings. The fraction of sp³-hybridized carbons (Fsp3) is 0.480. The predicted octanol–water partition coefficient (Wildman–Crippen LogP) is 7.32. The molecule has 4 rings (SSSR count). The Balaban J connectivity index is 0.000000529. The van der Waals surface area contributed by atoms with Crippen LogP contribution in [0, 0.1) is 0 Å². The molecule has 358 valence electrons. The summed E-state index contributed by atoms with van der Waals surface area (Å²) in [6.07, 6.45) is 20.2. The van der Waals surface area contributed by atoms with Crippen LogP contribution in [0.1, 0.15) is 122 Å². The predicted molar refractivity (Wildman–Crippen MR) is 256 cm³/mol. The molecule has 2 atom stereocenters. The second-order valence-corrected chi connectivity index (χ2v) is 15.0. The number of aromatic nitrogens is 2. The number of hydrogen-bond donors (Lipinski definition) is 5. The lowest BCUT2D eigenvalue weighted by molar-refractivity contribution is -0.697. The van der Waals surface area contributed by atoms with Crippen LogP contribution in [0.5, 0.6) is 0 Å². The smallest absolute Gasteiger partial charge is 0.407 e. The number of aryl methyl sites for hydroxylation is 1. The zero-order valence-corrected chi connectivity index (χ0v) is 40.5. The number of amides is 2. The Morgan fingerprint density at radius 2 is 1.15 bits per heavy atom. The minimum atomic E-state index is -0.781. The Morgan fingerprint density at radius 3 is 1.71 bits per heavy atom. The van der Waals surface area contributed by atoms with Crippen LogP contribution in [0.25, 0.3) is 0 Å². The van der Waals surface area contributed by atoms with Gasteiger partial charge in [-0.2, -0.15) is 4.57 Å². The zero-order chi connectivity index (χ0) is 47.9. The molecule has 0 bridgehead atoms. The van der Waals surface area contributed by atoms with E-state index in [0.29, 0.717) is 24.2 Å². The number of alkyl halides is 1. The molecular formula is C50H74BrN5O9+2. The number of aliphatic hydroxyl groups is 2. The summed E-state index contributed by atoms with van der Waals surface area (Å²) in [5, 5.41) is 23.8. The number of unbranched alkanes of at least 4 members (excludes halogenated alkanes) is 10. The van der Waals surface area contributed by atoms with E-state index >= 15 is 0 Å². The van der Waals surface area contributed by atoms with Crippen LogP contribution in [0.15, 0.2) is 110 Å². The summed E-state index contributed by atoms with van der Waals surface area (Å²) in [6.45, 7) is 4.56. The number of pyridine rings is 2. The van der Waals surface area contributed by atoms with Gasteiger partial charge in [-0.3, -0.25) is 4.79 Å². The van der Waals surface area contributed by atoms with E-state index in [1.165, 1.54) is 65.6 Å². The lowest BCUT2D eigenvalue weighted by Gasteiger charge is -2.16. The second kappa shape index (κ2) is 38.1. The van der Waals surface area contributed by atoms with Crippen LogP contribution in [0.3, 0.4) is 0 Å². The van der Waals surface area contributed by atoms with Gasteiger partial charge in [0.05, 0.1) is 33.0 Å². The Kier molecular flexibility index (Phi) is 33.9. The van der Waals surface area contributed by atoms with Gasteiger partial charge in [-0.1, -0.05) is 135 Å². The Labute approximate surface area is 395 Å². The van der Waals surface area contributed by atoms with Crippen LogP contribution < -0.4 is 25.5 Å². The summed E-state index contributed by atoms with van der Waals surface area (Å²) >= 11 is 2.94. The number of carbonyl (C=O) groups excluding carboxylic acids is 4. The van der Waals surface area contributed by atoms with Gasteiger partial charge in [0, 0.05) is 31.6 Å². The number of aliphatic hydroxyl groups excluding tert-OH is 2. The number of esters is 2. The number of halogens is 1. The summed E-state index contributed by atoms with van der Waals surface area (Å²) in [5.74, 6) is 0.992. The maximum Gasteiger partial charge on any atom is 0.407 e. The molecule has 14 nitrogen and oxygen atoms in total. The molecule has 0 saturated heterocycles. The molecule has 2 aromatic heterocycles. The van der Waals surface area contributed by atoms with E-state index in [0.717, 1.165) is 43.4 Å². The first-order chi connectivity index (χ1) is 31.6. The SMILES string of the molecule is CBr.CCCCCCCCCC[n+]1cccc(C(=O)OC)c1.COC(=O)c1ccc[n+](CC(=O)NCCCCCCNC(=O)OCc2ccccc2)c1.NC(CO)C(O)c1ccccc1. The highest BCUT2D eigenvalue weighted by Crippen LogP contribution is 2.14. The zero-order valence-electron chi connectivity index (χ0n) is 38.9. The van der Waals surface area contributed by atoms with Crippen LogP contribution >= 0.6 is 15.9 Å². The van der Waals surface area contributed by atoms with E-state index in [1.54, 1.807) is 47.3 Å². The van der Waals surface area contributed by atoms with E-state index < -0.39 is 24.2 Å². The number of carbonyl (C=O) groups is 4. The number of benzene rings is 2. The molecule has 0 aliphatic heterocycles. The standard InChI is InChI=1S/C23H29N3O5.C17H28NO2.C9H13NO2.CH3Br/c1-30-22(28)20-12-9-15-26(16-20)17-21(27)24-13-7-2-3-8-14-25-23(29)31-18-19-10-5-4-6-11-19;1-3-4-5-6-7-8-9-10-13-18-14-11-12-16(15-18)17(19)20-2;10-8(6-11)9(12)7-4-2-1-3-5-7;1-2/h4-6,9-12,15-16H,2-3,7-8,13-14,17-18H2,1H3,(H-,24,25,27,29);11-12,14-15H,3-10,13H2,1-2H3;1-5,8-9,11-12H,6,10H2;1H3/q;+1;;/p+1. The molecule has 65 heavy (non-hydrogen) atoms. The first kappa shape index (κ1) is 57.8. The Hall–Kier alpha value is -5.22. The summed E-state index contributed by atoms with van der Waals surface area (Å²) in [6, 6.07) is 25.0. The van der Waals surface area contributed by atoms with Gasteiger partial charge in [0.2, 0.25) is 6.54 Å². The van der Waals surface area contributed by atoms with Crippen LogP contribution in [-0.4, -0.2) is 79.9 Å². The van der Waals surface area contributed by atoms with E-state index in [2.05, 4.69) is 42.8 Å². The largest absolute Gasteiger partial charge is 0.465 e. The van der Waals surface area contributed by atoms with Gasteiger partial charge in [-0.05, 0) is 48.4 Å². The van der Waals surface area contributed by atoms with E-state index in [4.69, 9.17) is 20.3 Å². The van der Waals surface area contributed by atoms with Crippen LogP contribution in [0.4, 0.5) is 4.79 Å². The summed E-state index contributed by atoms with van der Waals surface area (Å²) in [4.78, 5) is 46.6. The molecule has 0 aliphatic carbocycles. The van der Waals surface area contributed by atoms with Crippen molar-refractivity contribution in [2.24, 2.45) is 5.73 Å². The van der Waals surface area contributed by atoms with Crippen molar-refractivity contribution in [3.8, 4) is 0 Å². The number of rotatable bonds is 25. The van der Waals surface area contributed by atoms with Gasteiger partial charge in [0.25, 0.3) is 5.91 Å². The molecule has 0 radical (unpaired) electrons. The van der Waals surface area contributed by atoms with Gasteiger partial charge in [0.15, 0.2) is 24.8 Å². The van der Waals surface area contributed by atoms with Gasteiger partial charge >= 0.3 is 18.0 Å². The Morgan fingerprint density at radius 1 is 0.662 bits per heavy atom. The van der Waals surface area contributed by atoms with Gasteiger partial charge < -0.3 is 40.8 Å². The highest BCUT2D eigenvalue weighted by atomic mass is 79.9. The average Bonchev–Trinajstić information content (AvgIpc) is 3.35. The molecule has 4 aromatic rings.